The van der Waals surface area contributed by atoms with E-state index in [4.69, 9.17) is 15.9 Å². The van der Waals surface area contributed by atoms with Crippen LogP contribution in [0.1, 0.15) is 84.0 Å². The van der Waals surface area contributed by atoms with Gasteiger partial charge in [0, 0.05) is 25.2 Å². The molecule has 0 aromatic rings. The Labute approximate surface area is 291 Å². The second-order valence-electron chi connectivity index (χ2n) is 7.18. The SMILES string of the molecule is C#CC#CC#CC#CC#CC(=O)OC[C@@H](COP(=O)([O-])[O-])OC(=O)CCCCCCCCCCC.S.[HH].[HH].[HH].[HH].[HH].[HH].[HH].[HH].[HH].[Na+].[Na+]. The van der Waals surface area contributed by atoms with Crippen LogP contribution in [0.15, 0.2) is 0 Å². The minimum atomic E-state index is -5.30. The number of esters is 2. The molecular formula is C26H49Na2O8PS. The zero-order chi connectivity index (χ0) is 26.2. The molecular weight excluding hydrogens is 549 g/mol. The Kier molecular flexibility index (Phi) is 35.8. The number of carbonyl (C=O) groups excluding carboxylic acids is 2. The van der Waals surface area contributed by atoms with Crippen LogP contribution in [0.4, 0.5) is 0 Å². The Hall–Kier alpha value is -0.800. The van der Waals surface area contributed by atoms with E-state index in [9.17, 15) is 23.9 Å². The van der Waals surface area contributed by atoms with Crippen molar-refractivity contribution < 1.29 is 110 Å². The number of rotatable bonds is 16. The molecule has 0 aliphatic heterocycles. The number of hydrogen-bond donors (Lipinski definition) is 0. The van der Waals surface area contributed by atoms with E-state index in [0.29, 0.717) is 6.42 Å². The van der Waals surface area contributed by atoms with Crippen LogP contribution in [0.3, 0.4) is 0 Å². The number of phosphoric acid groups is 1. The first-order valence-electron chi connectivity index (χ1n) is 11.3. The molecule has 8 nitrogen and oxygen atoms in total. The number of terminal acetylenes is 1. The fourth-order valence-electron chi connectivity index (χ4n) is 2.59. The molecule has 0 amide bonds. The van der Waals surface area contributed by atoms with Crippen molar-refractivity contribution in [3.05, 3.63) is 0 Å². The van der Waals surface area contributed by atoms with E-state index in [1.807, 2.05) is 0 Å². The predicted molar refractivity (Wildman–Crippen MR) is 156 cm³/mol. The van der Waals surface area contributed by atoms with Crippen molar-refractivity contribution in [1.29, 1.82) is 0 Å². The molecule has 38 heavy (non-hydrogen) atoms. The van der Waals surface area contributed by atoms with Crippen molar-refractivity contribution in [2.75, 3.05) is 13.2 Å². The van der Waals surface area contributed by atoms with Gasteiger partial charge in [-0.15, -0.1) is 6.42 Å². The van der Waals surface area contributed by atoms with Crippen molar-refractivity contribution in [2.45, 2.75) is 77.2 Å². The molecule has 12 heteroatoms. The van der Waals surface area contributed by atoms with Gasteiger partial charge in [0.1, 0.15) is 6.61 Å². The van der Waals surface area contributed by atoms with Crippen molar-refractivity contribution in [3.8, 4) is 59.7 Å². The Bertz CT molecular complexity index is 1040. The van der Waals surface area contributed by atoms with E-state index in [1.165, 1.54) is 32.1 Å². The molecule has 0 spiro atoms. The van der Waals surface area contributed by atoms with Gasteiger partial charge < -0.3 is 28.3 Å². The van der Waals surface area contributed by atoms with Crippen LogP contribution >= 0.6 is 21.3 Å². The molecule has 0 saturated heterocycles. The molecule has 0 N–H and O–H groups in total. The average Bonchev–Trinajstić information content (AvgIpc) is 2.81. The largest absolute Gasteiger partial charge is 1.00 e. The van der Waals surface area contributed by atoms with Gasteiger partial charge in [0.25, 0.3) is 0 Å². The summed E-state index contributed by atoms with van der Waals surface area (Å²) >= 11 is 0. The molecule has 0 aliphatic carbocycles. The second-order valence-corrected chi connectivity index (χ2v) is 8.33. The van der Waals surface area contributed by atoms with Gasteiger partial charge in [-0.1, -0.05) is 58.3 Å². The standard InChI is InChI=1S/C26H31O8P.2Na.H2S.9H2/c1-3-5-7-9-11-13-15-17-19-21-26(28)34-24(23-33-35(29,30)31)22-32-25(27)20-18-16-14-12-10-8-6-4-2;;;;;;;;;;;;/h2,24H,3,5,7,9,11,13,15,17,19,21-23H2,1H3,(H2,29,30,31);;;1H2;9*1H/q;2*+1;;;;;;;;;;/p-2/t24-;;;;;;;;;;;;/m0............/s1. The van der Waals surface area contributed by atoms with Crippen molar-refractivity contribution >= 4 is 33.3 Å². The third kappa shape index (κ3) is 33.2. The zero-order valence-electron chi connectivity index (χ0n) is 22.4. The summed E-state index contributed by atoms with van der Waals surface area (Å²) in [5.74, 6) is 18.6. The Morgan fingerprint density at radius 3 is 1.87 bits per heavy atom. The summed E-state index contributed by atoms with van der Waals surface area (Å²) < 4.78 is 24.8. The minimum absolute atomic E-state index is 0. The van der Waals surface area contributed by atoms with Crippen molar-refractivity contribution in [3.63, 3.8) is 0 Å². The molecule has 0 radical (unpaired) electrons. The Balaban J connectivity index is -0.0000000876. The fourth-order valence-corrected chi connectivity index (χ4v) is 2.94. The Morgan fingerprint density at radius 2 is 1.34 bits per heavy atom. The number of ether oxygens (including phenoxy) is 2. The third-order valence-electron chi connectivity index (χ3n) is 4.21. The van der Waals surface area contributed by atoms with Crippen molar-refractivity contribution in [1.82, 2.24) is 0 Å². The number of hydrogen-bond acceptors (Lipinski definition) is 8. The van der Waals surface area contributed by atoms with Gasteiger partial charge in [-0.25, -0.2) is 4.79 Å². The Morgan fingerprint density at radius 1 is 0.842 bits per heavy atom. The molecule has 214 valence electrons. The maximum Gasteiger partial charge on any atom is 1.00 e. The van der Waals surface area contributed by atoms with Crippen LogP contribution in [0.2, 0.25) is 0 Å². The van der Waals surface area contributed by atoms with Crippen LogP contribution in [0, 0.1) is 59.7 Å². The maximum absolute atomic E-state index is 12.0. The normalized spacial score (nSPS) is 9.53. The van der Waals surface area contributed by atoms with Gasteiger partial charge in [0.15, 0.2) is 6.10 Å². The first-order valence-corrected chi connectivity index (χ1v) is 12.7. The second kappa shape index (κ2) is 30.7. The van der Waals surface area contributed by atoms with E-state index in [2.05, 4.69) is 64.7 Å². The summed E-state index contributed by atoms with van der Waals surface area (Å²) in [4.78, 5) is 45.2. The first-order chi connectivity index (χ1) is 16.8. The molecule has 0 saturated carbocycles. The van der Waals surface area contributed by atoms with E-state index in [1.54, 1.807) is 0 Å². The summed E-state index contributed by atoms with van der Waals surface area (Å²) in [5, 5.41) is 0. The van der Waals surface area contributed by atoms with E-state index in [-0.39, 0.29) is 91.9 Å². The van der Waals surface area contributed by atoms with Crippen LogP contribution < -0.4 is 68.9 Å². The van der Waals surface area contributed by atoms with Gasteiger partial charge in [-0.2, -0.15) is 13.5 Å². The van der Waals surface area contributed by atoms with Crippen LogP contribution in [-0.4, -0.2) is 31.3 Å². The maximum atomic E-state index is 12.0. The number of unbranched alkanes of at least 4 members (excludes halogenated alkanes) is 8. The average molecular weight is 599 g/mol. The zero-order valence-corrected chi connectivity index (χ0v) is 28.2. The first kappa shape index (κ1) is 44.2. The molecule has 0 heterocycles. The van der Waals surface area contributed by atoms with Crippen LogP contribution in [0.25, 0.3) is 0 Å². The van der Waals surface area contributed by atoms with Gasteiger partial charge in [-0.05, 0) is 53.8 Å². The molecule has 0 unspecified atom stereocenters. The topological polar surface area (TPSA) is 125 Å². The van der Waals surface area contributed by atoms with Crippen molar-refractivity contribution in [2.24, 2.45) is 0 Å². The summed E-state index contributed by atoms with van der Waals surface area (Å²) in [6.45, 7) is 0.845. The van der Waals surface area contributed by atoms with E-state index >= 15 is 0 Å². The monoisotopic (exact) mass is 598 g/mol. The van der Waals surface area contributed by atoms with E-state index in [0.717, 1.165) is 19.3 Å². The summed E-state index contributed by atoms with van der Waals surface area (Å²) in [6.07, 6.45) is 13.4. The molecule has 0 aliphatic rings. The molecule has 0 fully saturated rings. The summed E-state index contributed by atoms with van der Waals surface area (Å²) in [7, 11) is -5.30. The third-order valence-corrected chi connectivity index (χ3v) is 4.68. The van der Waals surface area contributed by atoms with Crippen LogP contribution in [-0.2, 0) is 28.2 Å². The molecule has 0 aromatic carbocycles. The van der Waals surface area contributed by atoms with Gasteiger partial charge in [0.2, 0.25) is 0 Å². The minimum Gasteiger partial charge on any atom is -0.790 e. The molecule has 0 rings (SSSR count). The molecule has 0 bridgehead atoms. The fraction of sp³-hybridized carbons (Fsp3) is 0.538. The van der Waals surface area contributed by atoms with Gasteiger partial charge in [0.05, 0.1) is 14.4 Å². The quantitative estimate of drug-likeness (QED) is 0.0509. The number of carbonyl (C=O) groups is 2. The number of phosphoric ester groups is 1. The van der Waals surface area contributed by atoms with Gasteiger partial charge in [-0.3, -0.25) is 4.79 Å². The smallest absolute Gasteiger partial charge is 0.790 e. The van der Waals surface area contributed by atoms with Crippen LogP contribution in [0.5, 0.6) is 0 Å². The predicted octanol–water partition coefficient (Wildman–Crippen LogP) is -1.81. The van der Waals surface area contributed by atoms with Gasteiger partial charge >= 0.3 is 71.1 Å². The molecule has 1 atom stereocenters. The molecule has 0 aromatic heterocycles. The summed E-state index contributed by atoms with van der Waals surface area (Å²) in [6, 6.07) is 0. The van der Waals surface area contributed by atoms with E-state index < -0.39 is 39.1 Å². The summed E-state index contributed by atoms with van der Waals surface area (Å²) in [5.41, 5.74) is 0.